The van der Waals surface area contributed by atoms with Gasteiger partial charge in [-0.15, -0.1) is 21.5 Å². The molecule has 0 aliphatic carbocycles. The van der Waals surface area contributed by atoms with E-state index in [4.69, 9.17) is 9.15 Å². The van der Waals surface area contributed by atoms with E-state index < -0.39 is 0 Å². The van der Waals surface area contributed by atoms with Crippen molar-refractivity contribution in [1.29, 1.82) is 0 Å². The largest absolute Gasteiger partial charge is 0.425 e. The average Bonchev–Trinajstić information content (AvgIpc) is 3.21. The fraction of sp³-hybridized carbons (Fsp3) is 0.533. The molecule has 22 heavy (non-hydrogen) atoms. The van der Waals surface area contributed by atoms with Crippen molar-refractivity contribution in [2.75, 3.05) is 19.7 Å². The molecule has 2 aromatic rings. The van der Waals surface area contributed by atoms with Crippen LogP contribution < -0.4 is 0 Å². The molecule has 2 aliphatic rings. The number of likely N-dealkylation sites (tertiary alicyclic amines) is 1. The maximum absolute atomic E-state index is 12.6. The van der Waals surface area contributed by atoms with E-state index in [0.29, 0.717) is 31.5 Å². The topological polar surface area (TPSA) is 68.5 Å². The first kappa shape index (κ1) is 13.9. The third-order valence-corrected chi connectivity index (χ3v) is 5.40. The zero-order valence-corrected chi connectivity index (χ0v) is 13.3. The maximum Gasteiger partial charge on any atom is 0.264 e. The normalized spacial score (nSPS) is 27.4. The Bertz CT molecular complexity index is 710. The summed E-state index contributed by atoms with van der Waals surface area (Å²) in [5.74, 6) is 1.63. The second-order valence-electron chi connectivity index (χ2n) is 5.92. The zero-order valence-electron chi connectivity index (χ0n) is 12.5. The Morgan fingerprint density at radius 3 is 2.86 bits per heavy atom. The van der Waals surface area contributed by atoms with Gasteiger partial charge in [0.15, 0.2) is 0 Å². The van der Waals surface area contributed by atoms with Gasteiger partial charge in [0.25, 0.3) is 5.91 Å². The molecule has 2 aromatic heterocycles. The van der Waals surface area contributed by atoms with Gasteiger partial charge in [-0.3, -0.25) is 4.79 Å². The third-order valence-electron chi connectivity index (χ3n) is 4.41. The number of fused-ring (bicyclic) bond motifs is 1. The average molecular weight is 319 g/mol. The van der Waals surface area contributed by atoms with Crippen LogP contribution in [0.3, 0.4) is 0 Å². The zero-order chi connectivity index (χ0) is 15.3. The Kier molecular flexibility index (Phi) is 3.27. The van der Waals surface area contributed by atoms with Crippen LogP contribution in [-0.4, -0.2) is 46.8 Å². The van der Waals surface area contributed by atoms with Crippen molar-refractivity contribution in [3.05, 3.63) is 33.7 Å². The van der Waals surface area contributed by atoms with Gasteiger partial charge in [-0.1, -0.05) is 0 Å². The number of carbonyl (C=O) groups is 1. The van der Waals surface area contributed by atoms with Crippen LogP contribution in [0.4, 0.5) is 0 Å². The second-order valence-corrected chi connectivity index (χ2v) is 7.21. The molecule has 4 rings (SSSR count). The molecule has 0 bridgehead atoms. The summed E-state index contributed by atoms with van der Waals surface area (Å²) in [5, 5.41) is 8.02. The number of thiophene rings is 1. The Labute approximate surface area is 132 Å². The van der Waals surface area contributed by atoms with Crippen LogP contribution in [-0.2, 0) is 4.74 Å². The van der Waals surface area contributed by atoms with Crippen LogP contribution in [0, 0.1) is 19.8 Å². The van der Waals surface area contributed by atoms with E-state index in [0.717, 1.165) is 9.75 Å². The number of nitrogens with zero attached hydrogens (tertiary/aromatic N) is 3. The number of hydrogen-bond acceptors (Lipinski definition) is 6. The van der Waals surface area contributed by atoms with Crippen LogP contribution in [0.15, 0.2) is 16.5 Å². The molecule has 0 N–H and O–H groups in total. The minimum atomic E-state index is 0.0715. The van der Waals surface area contributed by atoms with E-state index in [1.54, 1.807) is 6.92 Å². The van der Waals surface area contributed by atoms with Crippen molar-refractivity contribution in [3.8, 4) is 0 Å². The molecule has 3 atom stereocenters. The fourth-order valence-corrected chi connectivity index (χ4v) is 4.14. The Hall–Kier alpha value is -1.73. The highest BCUT2D eigenvalue weighted by Crippen LogP contribution is 2.39. The van der Waals surface area contributed by atoms with E-state index in [1.165, 1.54) is 11.3 Å². The van der Waals surface area contributed by atoms with Gasteiger partial charge < -0.3 is 14.1 Å². The first-order chi connectivity index (χ1) is 10.6. The summed E-state index contributed by atoms with van der Waals surface area (Å²) in [5.41, 5.74) is 0. The number of aryl methyl sites for hydroxylation is 2. The SMILES string of the molecule is Cc1nnc([C@@H]2CO[C@H]3CN(C(=O)c4ccc(C)s4)C[C@H]32)o1. The van der Waals surface area contributed by atoms with Crippen molar-refractivity contribution in [2.24, 2.45) is 5.92 Å². The Balaban J connectivity index is 1.51. The summed E-state index contributed by atoms with van der Waals surface area (Å²) in [6.07, 6.45) is 0.0715. The third kappa shape index (κ3) is 2.24. The van der Waals surface area contributed by atoms with E-state index in [-0.39, 0.29) is 23.8 Å². The fourth-order valence-electron chi connectivity index (χ4n) is 3.30. The van der Waals surface area contributed by atoms with Crippen LogP contribution in [0.25, 0.3) is 0 Å². The smallest absolute Gasteiger partial charge is 0.264 e. The van der Waals surface area contributed by atoms with Crippen molar-refractivity contribution >= 4 is 17.2 Å². The lowest BCUT2D eigenvalue weighted by atomic mass is 9.93. The summed E-state index contributed by atoms with van der Waals surface area (Å²) >= 11 is 1.54. The predicted molar refractivity (Wildman–Crippen MR) is 80.0 cm³/mol. The van der Waals surface area contributed by atoms with Crippen LogP contribution in [0.2, 0.25) is 0 Å². The van der Waals surface area contributed by atoms with Gasteiger partial charge in [-0.2, -0.15) is 0 Å². The summed E-state index contributed by atoms with van der Waals surface area (Å²) in [6, 6.07) is 3.88. The monoisotopic (exact) mass is 319 g/mol. The highest BCUT2D eigenvalue weighted by Gasteiger charge is 2.47. The lowest BCUT2D eigenvalue weighted by Crippen LogP contribution is -2.30. The predicted octanol–water partition coefficient (Wildman–Crippen LogP) is 2.00. The highest BCUT2D eigenvalue weighted by atomic mass is 32.1. The van der Waals surface area contributed by atoms with Crippen LogP contribution in [0.5, 0.6) is 0 Å². The van der Waals surface area contributed by atoms with E-state index in [2.05, 4.69) is 10.2 Å². The molecule has 1 amide bonds. The number of hydrogen-bond donors (Lipinski definition) is 0. The van der Waals surface area contributed by atoms with Crippen molar-refractivity contribution in [1.82, 2.24) is 15.1 Å². The first-order valence-corrected chi connectivity index (χ1v) is 8.21. The molecule has 7 heteroatoms. The molecule has 0 unspecified atom stereocenters. The molecule has 2 aliphatic heterocycles. The summed E-state index contributed by atoms with van der Waals surface area (Å²) in [4.78, 5) is 16.4. The van der Waals surface area contributed by atoms with Crippen LogP contribution in [0.1, 0.15) is 32.2 Å². The molecule has 116 valence electrons. The first-order valence-electron chi connectivity index (χ1n) is 7.39. The van der Waals surface area contributed by atoms with E-state index >= 15 is 0 Å². The molecule has 0 saturated carbocycles. The second kappa shape index (κ2) is 5.17. The van der Waals surface area contributed by atoms with Crippen molar-refractivity contribution in [3.63, 3.8) is 0 Å². The molecule has 0 aromatic carbocycles. The molecule has 6 nitrogen and oxygen atoms in total. The molecule has 0 radical (unpaired) electrons. The molecular formula is C15H17N3O3S. The minimum absolute atomic E-state index is 0.0715. The highest BCUT2D eigenvalue weighted by molar-refractivity contribution is 7.13. The summed E-state index contributed by atoms with van der Waals surface area (Å²) < 4.78 is 11.4. The number of carbonyl (C=O) groups excluding carboxylic acids is 1. The lowest BCUT2D eigenvalue weighted by molar-refractivity contribution is 0.0690. The summed E-state index contributed by atoms with van der Waals surface area (Å²) in [7, 11) is 0. The molecule has 2 saturated heterocycles. The van der Waals surface area contributed by atoms with E-state index in [1.807, 2.05) is 24.0 Å². The number of aromatic nitrogens is 2. The lowest BCUT2D eigenvalue weighted by Gasteiger charge is -2.17. The van der Waals surface area contributed by atoms with Gasteiger partial charge in [0.1, 0.15) is 0 Å². The Morgan fingerprint density at radius 2 is 2.18 bits per heavy atom. The molecular weight excluding hydrogens is 302 g/mol. The molecule has 0 spiro atoms. The maximum atomic E-state index is 12.6. The van der Waals surface area contributed by atoms with Gasteiger partial charge in [-0.05, 0) is 19.1 Å². The Morgan fingerprint density at radius 1 is 1.32 bits per heavy atom. The van der Waals surface area contributed by atoms with Gasteiger partial charge in [0.05, 0.1) is 23.5 Å². The number of ether oxygens (including phenoxy) is 1. The quantitative estimate of drug-likeness (QED) is 0.847. The minimum Gasteiger partial charge on any atom is -0.425 e. The molecule has 4 heterocycles. The number of amides is 1. The number of rotatable bonds is 2. The standard InChI is InChI=1S/C15H17N3O3S/c1-8-3-4-13(22-8)15(19)18-5-10-11(7-20-12(10)6-18)14-17-16-9(2)21-14/h3-4,10-12H,5-7H2,1-2H3/t10-,11+,12-/m0/s1. The van der Waals surface area contributed by atoms with E-state index in [9.17, 15) is 4.79 Å². The summed E-state index contributed by atoms with van der Waals surface area (Å²) in [6.45, 7) is 5.72. The van der Waals surface area contributed by atoms with Crippen molar-refractivity contribution in [2.45, 2.75) is 25.9 Å². The van der Waals surface area contributed by atoms with Gasteiger partial charge in [-0.25, -0.2) is 0 Å². The van der Waals surface area contributed by atoms with Crippen LogP contribution >= 0.6 is 11.3 Å². The van der Waals surface area contributed by atoms with Gasteiger partial charge in [0, 0.05) is 30.8 Å². The van der Waals surface area contributed by atoms with Gasteiger partial charge >= 0.3 is 0 Å². The van der Waals surface area contributed by atoms with Gasteiger partial charge in [0.2, 0.25) is 11.8 Å². The molecule has 2 fully saturated rings. The van der Waals surface area contributed by atoms with Crippen molar-refractivity contribution < 1.29 is 13.9 Å².